The van der Waals surface area contributed by atoms with Crippen molar-refractivity contribution in [3.8, 4) is 0 Å². The topological polar surface area (TPSA) is 43.8 Å². The minimum absolute atomic E-state index is 0.0825. The van der Waals surface area contributed by atoms with Crippen LogP contribution in [0.4, 0.5) is 0 Å². The van der Waals surface area contributed by atoms with E-state index in [-0.39, 0.29) is 5.92 Å². The maximum absolute atomic E-state index is 10.9. The molecule has 1 heterocycles. The first-order valence-electron chi connectivity index (χ1n) is 6.82. The molecule has 2 aliphatic rings. The Hall–Kier alpha value is -0.610. The highest BCUT2D eigenvalue weighted by molar-refractivity contribution is 5.70. The molecule has 0 atom stereocenters. The zero-order valence-electron chi connectivity index (χ0n) is 10.8. The summed E-state index contributed by atoms with van der Waals surface area (Å²) in [6.07, 6.45) is 5.12. The predicted octanol–water partition coefficient (Wildman–Crippen LogP) is 1.27. The smallest absolute Gasteiger partial charge is 0.306 e. The molecule has 98 valence electrons. The number of likely N-dealkylation sites (N-methyl/N-ethyl adjacent to an activating group) is 1. The lowest BCUT2D eigenvalue weighted by molar-refractivity contribution is -0.143. The highest BCUT2D eigenvalue weighted by atomic mass is 16.4. The second-order valence-corrected chi connectivity index (χ2v) is 5.54. The van der Waals surface area contributed by atoms with E-state index in [0.717, 1.165) is 38.8 Å². The number of carbonyl (C=O) groups is 1. The monoisotopic (exact) mass is 240 g/mol. The Labute approximate surface area is 104 Å². The molecule has 0 spiro atoms. The first-order chi connectivity index (χ1) is 8.16. The number of rotatable bonds is 2. The number of carboxylic acid groups (broad SMARTS) is 1. The lowest BCUT2D eigenvalue weighted by atomic mass is 9.85. The van der Waals surface area contributed by atoms with Crippen LogP contribution in [0.15, 0.2) is 0 Å². The molecule has 1 saturated heterocycles. The fourth-order valence-electron chi connectivity index (χ4n) is 3.12. The third kappa shape index (κ3) is 3.42. The second-order valence-electron chi connectivity index (χ2n) is 5.54. The summed E-state index contributed by atoms with van der Waals surface area (Å²) in [7, 11) is 2.19. The van der Waals surface area contributed by atoms with Gasteiger partial charge < -0.3 is 10.0 Å². The summed E-state index contributed by atoms with van der Waals surface area (Å²) in [6.45, 7) is 4.69. The average Bonchev–Trinajstić information content (AvgIpc) is 2.54. The van der Waals surface area contributed by atoms with Crippen molar-refractivity contribution in [2.45, 2.75) is 38.1 Å². The normalized spacial score (nSPS) is 33.2. The van der Waals surface area contributed by atoms with Crippen LogP contribution in [0.1, 0.15) is 32.1 Å². The molecule has 0 radical (unpaired) electrons. The molecule has 1 saturated carbocycles. The van der Waals surface area contributed by atoms with Crippen LogP contribution in [0.3, 0.4) is 0 Å². The largest absolute Gasteiger partial charge is 0.481 e. The second kappa shape index (κ2) is 5.83. The lowest BCUT2D eigenvalue weighted by Gasteiger charge is -2.35. The van der Waals surface area contributed by atoms with Gasteiger partial charge in [-0.2, -0.15) is 0 Å². The van der Waals surface area contributed by atoms with Gasteiger partial charge in [0, 0.05) is 19.1 Å². The molecule has 0 bridgehead atoms. The third-order valence-corrected chi connectivity index (χ3v) is 4.32. The van der Waals surface area contributed by atoms with Crippen molar-refractivity contribution in [1.29, 1.82) is 0 Å². The van der Waals surface area contributed by atoms with Crippen molar-refractivity contribution in [1.82, 2.24) is 9.80 Å². The summed E-state index contributed by atoms with van der Waals surface area (Å²) in [5, 5.41) is 8.99. The first-order valence-corrected chi connectivity index (χ1v) is 6.82. The minimum Gasteiger partial charge on any atom is -0.481 e. The van der Waals surface area contributed by atoms with Gasteiger partial charge in [-0.15, -0.1) is 0 Å². The van der Waals surface area contributed by atoms with E-state index in [0.29, 0.717) is 6.04 Å². The summed E-state index contributed by atoms with van der Waals surface area (Å²) < 4.78 is 0. The van der Waals surface area contributed by atoms with Crippen LogP contribution in [0.5, 0.6) is 0 Å². The molecular weight excluding hydrogens is 216 g/mol. The van der Waals surface area contributed by atoms with Gasteiger partial charge in [0.25, 0.3) is 0 Å². The molecule has 0 unspecified atom stereocenters. The van der Waals surface area contributed by atoms with Gasteiger partial charge in [-0.3, -0.25) is 9.69 Å². The number of nitrogens with zero attached hydrogens (tertiary/aromatic N) is 2. The fraction of sp³-hybridized carbons (Fsp3) is 0.923. The molecule has 2 fully saturated rings. The van der Waals surface area contributed by atoms with Crippen molar-refractivity contribution < 1.29 is 9.90 Å². The van der Waals surface area contributed by atoms with E-state index in [4.69, 9.17) is 5.11 Å². The zero-order chi connectivity index (χ0) is 12.3. The minimum atomic E-state index is -0.598. The number of aliphatic carboxylic acids is 1. The molecule has 17 heavy (non-hydrogen) atoms. The Balaban J connectivity index is 1.81. The highest BCUT2D eigenvalue weighted by Crippen LogP contribution is 2.28. The summed E-state index contributed by atoms with van der Waals surface area (Å²) in [5.74, 6) is -0.681. The van der Waals surface area contributed by atoms with Crippen LogP contribution < -0.4 is 0 Å². The molecule has 1 N–H and O–H groups in total. The summed E-state index contributed by atoms with van der Waals surface area (Å²) in [6, 6.07) is 0.636. The Morgan fingerprint density at radius 1 is 1.06 bits per heavy atom. The quantitative estimate of drug-likeness (QED) is 0.789. The van der Waals surface area contributed by atoms with Crippen LogP contribution in [0.25, 0.3) is 0 Å². The van der Waals surface area contributed by atoms with E-state index < -0.39 is 5.97 Å². The molecule has 0 amide bonds. The highest BCUT2D eigenvalue weighted by Gasteiger charge is 2.29. The van der Waals surface area contributed by atoms with E-state index in [1.165, 1.54) is 19.5 Å². The summed E-state index contributed by atoms with van der Waals surface area (Å²) in [4.78, 5) is 15.9. The van der Waals surface area contributed by atoms with E-state index in [1.807, 2.05) is 0 Å². The number of hydrogen-bond acceptors (Lipinski definition) is 3. The molecular formula is C13H24N2O2. The molecule has 1 aliphatic carbocycles. The van der Waals surface area contributed by atoms with E-state index in [1.54, 1.807) is 0 Å². The van der Waals surface area contributed by atoms with Crippen molar-refractivity contribution >= 4 is 5.97 Å². The Kier molecular flexibility index (Phi) is 4.40. The number of hydrogen-bond donors (Lipinski definition) is 1. The zero-order valence-corrected chi connectivity index (χ0v) is 10.8. The Bertz CT molecular complexity index is 262. The summed E-state index contributed by atoms with van der Waals surface area (Å²) in [5.41, 5.74) is 0. The van der Waals surface area contributed by atoms with Crippen molar-refractivity contribution in [3.63, 3.8) is 0 Å². The SMILES string of the molecule is CN1CCCN(C2CCC(C(=O)O)CC2)CC1. The van der Waals surface area contributed by atoms with Gasteiger partial charge in [-0.1, -0.05) is 0 Å². The maximum atomic E-state index is 10.9. The van der Waals surface area contributed by atoms with Gasteiger partial charge >= 0.3 is 5.97 Å². The summed E-state index contributed by atoms with van der Waals surface area (Å²) >= 11 is 0. The van der Waals surface area contributed by atoms with Crippen LogP contribution in [0, 0.1) is 5.92 Å². The van der Waals surface area contributed by atoms with E-state index >= 15 is 0 Å². The average molecular weight is 240 g/mol. The third-order valence-electron chi connectivity index (χ3n) is 4.32. The standard InChI is InChI=1S/C13H24N2O2/c1-14-7-2-8-15(10-9-14)12-5-3-11(4-6-12)13(16)17/h11-12H,2-10H2,1H3,(H,16,17). The Morgan fingerprint density at radius 2 is 1.76 bits per heavy atom. The van der Waals surface area contributed by atoms with Crippen LogP contribution in [-0.4, -0.2) is 60.1 Å². The fourth-order valence-corrected chi connectivity index (χ4v) is 3.12. The Morgan fingerprint density at radius 3 is 2.41 bits per heavy atom. The van der Waals surface area contributed by atoms with Crippen LogP contribution in [0.2, 0.25) is 0 Å². The van der Waals surface area contributed by atoms with Gasteiger partial charge in [-0.25, -0.2) is 0 Å². The van der Waals surface area contributed by atoms with Gasteiger partial charge in [0.05, 0.1) is 5.92 Å². The van der Waals surface area contributed by atoms with Gasteiger partial charge in [0.2, 0.25) is 0 Å². The first kappa shape index (κ1) is 12.8. The maximum Gasteiger partial charge on any atom is 0.306 e. The van der Waals surface area contributed by atoms with Crippen LogP contribution in [-0.2, 0) is 4.79 Å². The van der Waals surface area contributed by atoms with Crippen molar-refractivity contribution in [2.24, 2.45) is 5.92 Å². The lowest BCUT2D eigenvalue weighted by Crippen LogP contribution is -2.41. The van der Waals surface area contributed by atoms with Crippen molar-refractivity contribution in [3.05, 3.63) is 0 Å². The van der Waals surface area contributed by atoms with E-state index in [2.05, 4.69) is 16.8 Å². The number of carboxylic acids is 1. The molecule has 4 nitrogen and oxygen atoms in total. The molecule has 1 aliphatic heterocycles. The molecule has 4 heteroatoms. The van der Waals surface area contributed by atoms with E-state index in [9.17, 15) is 4.79 Å². The van der Waals surface area contributed by atoms with Gasteiger partial charge in [-0.05, 0) is 52.2 Å². The molecule has 0 aromatic rings. The predicted molar refractivity (Wildman–Crippen MR) is 67.1 cm³/mol. The molecule has 0 aromatic heterocycles. The van der Waals surface area contributed by atoms with Gasteiger partial charge in [0.15, 0.2) is 0 Å². The molecule has 0 aromatic carbocycles. The van der Waals surface area contributed by atoms with Crippen LogP contribution >= 0.6 is 0 Å². The molecule has 2 rings (SSSR count). The van der Waals surface area contributed by atoms with Crippen molar-refractivity contribution in [2.75, 3.05) is 33.2 Å². The van der Waals surface area contributed by atoms with Gasteiger partial charge in [0.1, 0.15) is 0 Å².